The Morgan fingerprint density at radius 1 is 1.26 bits per heavy atom. The first kappa shape index (κ1) is 14.6. The van der Waals surface area contributed by atoms with Crippen LogP contribution in [0.2, 0.25) is 0 Å². The van der Waals surface area contributed by atoms with Crippen LogP contribution >= 0.6 is 0 Å². The monoisotopic (exact) mass is 266 g/mol. The molecule has 1 aliphatic carbocycles. The van der Waals surface area contributed by atoms with E-state index in [1.807, 2.05) is 0 Å². The number of unbranched alkanes of at least 4 members (excludes halogenated alkanes) is 3. The highest BCUT2D eigenvalue weighted by atomic mass is 16.5. The summed E-state index contributed by atoms with van der Waals surface area (Å²) in [4.78, 5) is 11.7. The molecule has 19 heavy (non-hydrogen) atoms. The molecule has 0 fully saturated rings. The zero-order chi connectivity index (χ0) is 13.7. The fourth-order valence-corrected chi connectivity index (χ4v) is 3.04. The second kappa shape index (κ2) is 7.09. The molecular formula is C16H26O3. The van der Waals surface area contributed by atoms with Crippen LogP contribution in [0, 0.1) is 0 Å². The Morgan fingerprint density at radius 3 is 2.89 bits per heavy atom. The van der Waals surface area contributed by atoms with E-state index >= 15 is 0 Å². The molecule has 0 aromatic carbocycles. The summed E-state index contributed by atoms with van der Waals surface area (Å²) < 4.78 is 5.89. The predicted molar refractivity (Wildman–Crippen MR) is 74.8 cm³/mol. The highest BCUT2D eigenvalue weighted by Crippen LogP contribution is 2.34. The number of aliphatic hydroxyl groups excluding tert-OH is 1. The third-order valence-electron chi connectivity index (χ3n) is 4.24. The molecule has 0 spiro atoms. The molecule has 0 amide bonds. The van der Waals surface area contributed by atoms with Crippen molar-refractivity contribution in [2.45, 2.75) is 83.3 Å². The Balaban J connectivity index is 1.82. The number of Topliss-reactive ketones (excluding diaryl/α,β-unsaturated/α-hetero) is 1. The lowest BCUT2D eigenvalue weighted by Crippen LogP contribution is -2.33. The van der Waals surface area contributed by atoms with Crippen molar-refractivity contribution in [2.75, 3.05) is 0 Å². The fourth-order valence-electron chi connectivity index (χ4n) is 3.04. The molecule has 0 aromatic rings. The molecule has 2 aliphatic rings. The maximum Gasteiger partial charge on any atom is 0.162 e. The topological polar surface area (TPSA) is 46.5 Å². The Kier molecular flexibility index (Phi) is 5.44. The van der Waals surface area contributed by atoms with Crippen molar-refractivity contribution < 1.29 is 14.6 Å². The molecule has 2 rings (SSSR count). The lowest BCUT2D eigenvalue weighted by atomic mass is 9.88. The Hall–Kier alpha value is -0.830. The molecule has 108 valence electrons. The Labute approximate surface area is 116 Å². The molecule has 1 N–H and O–H groups in total. The average molecular weight is 266 g/mol. The molecule has 2 atom stereocenters. The van der Waals surface area contributed by atoms with E-state index in [4.69, 9.17) is 4.74 Å². The normalized spacial score (nSPS) is 24.9. The van der Waals surface area contributed by atoms with Crippen LogP contribution in [0.15, 0.2) is 11.3 Å². The van der Waals surface area contributed by atoms with Crippen LogP contribution in [-0.2, 0) is 9.53 Å². The Morgan fingerprint density at radius 2 is 2.11 bits per heavy atom. The third-order valence-corrected chi connectivity index (χ3v) is 4.24. The van der Waals surface area contributed by atoms with Gasteiger partial charge in [-0.1, -0.05) is 32.6 Å². The van der Waals surface area contributed by atoms with Crippen LogP contribution in [0.3, 0.4) is 0 Å². The molecule has 0 unspecified atom stereocenters. The number of hydrogen-bond donors (Lipinski definition) is 1. The van der Waals surface area contributed by atoms with E-state index in [2.05, 4.69) is 6.92 Å². The van der Waals surface area contributed by atoms with E-state index < -0.39 is 0 Å². The summed E-state index contributed by atoms with van der Waals surface area (Å²) in [7, 11) is 0. The molecule has 0 saturated carbocycles. The van der Waals surface area contributed by atoms with Crippen molar-refractivity contribution in [1.29, 1.82) is 0 Å². The lowest BCUT2D eigenvalue weighted by Gasteiger charge is -2.33. The van der Waals surface area contributed by atoms with Crippen molar-refractivity contribution in [3.8, 4) is 0 Å². The van der Waals surface area contributed by atoms with Gasteiger partial charge in [0, 0.05) is 18.4 Å². The highest BCUT2D eigenvalue weighted by Gasteiger charge is 2.31. The Bertz CT molecular complexity index is 346. The van der Waals surface area contributed by atoms with E-state index in [0.29, 0.717) is 6.42 Å². The summed E-state index contributed by atoms with van der Waals surface area (Å²) in [5.74, 6) is 1.14. The summed E-state index contributed by atoms with van der Waals surface area (Å²) in [6.07, 6.45) is 9.10. The highest BCUT2D eigenvalue weighted by molar-refractivity contribution is 5.96. The summed E-state index contributed by atoms with van der Waals surface area (Å²) in [6.45, 7) is 2.19. The van der Waals surface area contributed by atoms with Crippen LogP contribution < -0.4 is 0 Å². The molecule has 1 aliphatic heterocycles. The molecule has 0 saturated heterocycles. The van der Waals surface area contributed by atoms with Crippen molar-refractivity contribution >= 4 is 5.78 Å². The molecule has 3 nitrogen and oxygen atoms in total. The zero-order valence-corrected chi connectivity index (χ0v) is 12.0. The second-order valence-corrected chi connectivity index (χ2v) is 5.79. The number of ketones is 1. The summed E-state index contributed by atoms with van der Waals surface area (Å²) in [6, 6.07) is 0. The third kappa shape index (κ3) is 3.82. The van der Waals surface area contributed by atoms with Gasteiger partial charge in [0.25, 0.3) is 0 Å². The van der Waals surface area contributed by atoms with Crippen LogP contribution in [0.1, 0.15) is 71.1 Å². The maximum atomic E-state index is 11.7. The minimum Gasteiger partial charge on any atom is -0.492 e. The standard InChI is InChI=1S/C16H26O3/c1-2-3-4-5-7-14(18)16-11-10-12-13(17)8-6-9-15(12)19-16/h14,16,18H,2-11H2,1H3/t14-,16-/m0/s1. The minimum absolute atomic E-state index is 0.0914. The molecular weight excluding hydrogens is 240 g/mol. The summed E-state index contributed by atoms with van der Waals surface area (Å²) in [5, 5.41) is 10.2. The van der Waals surface area contributed by atoms with E-state index in [1.54, 1.807) is 0 Å². The van der Waals surface area contributed by atoms with Crippen LogP contribution in [0.25, 0.3) is 0 Å². The van der Waals surface area contributed by atoms with Gasteiger partial charge in [-0.2, -0.15) is 0 Å². The van der Waals surface area contributed by atoms with Gasteiger partial charge in [-0.05, 0) is 25.7 Å². The molecule has 0 radical (unpaired) electrons. The largest absolute Gasteiger partial charge is 0.492 e. The average Bonchev–Trinajstić information content (AvgIpc) is 2.43. The quantitative estimate of drug-likeness (QED) is 0.748. The van der Waals surface area contributed by atoms with Gasteiger partial charge < -0.3 is 9.84 Å². The lowest BCUT2D eigenvalue weighted by molar-refractivity contribution is -0.118. The molecule has 3 heteroatoms. The van der Waals surface area contributed by atoms with Crippen molar-refractivity contribution in [3.63, 3.8) is 0 Å². The van der Waals surface area contributed by atoms with Gasteiger partial charge in [0.1, 0.15) is 11.9 Å². The SMILES string of the molecule is CCCCCC[C@H](O)[C@@H]1CCC2=C(CCCC2=O)O1. The smallest absolute Gasteiger partial charge is 0.162 e. The maximum absolute atomic E-state index is 11.7. The second-order valence-electron chi connectivity index (χ2n) is 5.79. The first-order chi connectivity index (χ1) is 9.22. The minimum atomic E-state index is -0.372. The van der Waals surface area contributed by atoms with Gasteiger partial charge in [-0.15, -0.1) is 0 Å². The van der Waals surface area contributed by atoms with Crippen LogP contribution in [0.4, 0.5) is 0 Å². The molecule has 1 heterocycles. The van der Waals surface area contributed by atoms with E-state index in [1.165, 1.54) is 19.3 Å². The van der Waals surface area contributed by atoms with E-state index in [-0.39, 0.29) is 18.0 Å². The van der Waals surface area contributed by atoms with Crippen molar-refractivity contribution in [1.82, 2.24) is 0 Å². The van der Waals surface area contributed by atoms with Crippen molar-refractivity contribution in [2.24, 2.45) is 0 Å². The number of carbonyl (C=O) groups excluding carboxylic acids is 1. The van der Waals surface area contributed by atoms with E-state index in [9.17, 15) is 9.90 Å². The van der Waals surface area contributed by atoms with Crippen LogP contribution in [0.5, 0.6) is 0 Å². The number of carbonyl (C=O) groups is 1. The molecule has 0 bridgehead atoms. The number of ether oxygens (including phenoxy) is 1. The number of allylic oxidation sites excluding steroid dienone is 2. The van der Waals surface area contributed by atoms with E-state index in [0.717, 1.165) is 49.9 Å². The van der Waals surface area contributed by atoms with Gasteiger partial charge in [0.15, 0.2) is 5.78 Å². The fraction of sp³-hybridized carbons (Fsp3) is 0.812. The first-order valence-electron chi connectivity index (χ1n) is 7.82. The van der Waals surface area contributed by atoms with Gasteiger partial charge in [0.2, 0.25) is 0 Å². The predicted octanol–water partition coefficient (Wildman–Crippen LogP) is 3.50. The van der Waals surface area contributed by atoms with Crippen LogP contribution in [-0.4, -0.2) is 23.1 Å². The summed E-state index contributed by atoms with van der Waals surface area (Å²) in [5.41, 5.74) is 0.903. The number of rotatable bonds is 6. The number of aliphatic hydroxyl groups is 1. The number of hydrogen-bond acceptors (Lipinski definition) is 3. The van der Waals surface area contributed by atoms with Gasteiger partial charge in [0.05, 0.1) is 6.10 Å². The van der Waals surface area contributed by atoms with Gasteiger partial charge in [-0.25, -0.2) is 0 Å². The zero-order valence-electron chi connectivity index (χ0n) is 12.0. The first-order valence-corrected chi connectivity index (χ1v) is 7.82. The summed E-state index contributed by atoms with van der Waals surface area (Å²) >= 11 is 0. The van der Waals surface area contributed by atoms with Gasteiger partial charge >= 0.3 is 0 Å². The molecule has 0 aromatic heterocycles. The van der Waals surface area contributed by atoms with Gasteiger partial charge in [-0.3, -0.25) is 4.79 Å². The van der Waals surface area contributed by atoms with Crippen molar-refractivity contribution in [3.05, 3.63) is 11.3 Å².